The average Bonchev–Trinajstić information content (AvgIpc) is 2.81. The summed E-state index contributed by atoms with van der Waals surface area (Å²) in [6.45, 7) is 5.55. The first-order valence-electron chi connectivity index (χ1n) is 5.82. The predicted octanol–water partition coefficient (Wildman–Crippen LogP) is 1.26. The van der Waals surface area contributed by atoms with Gasteiger partial charge >= 0.3 is 5.97 Å². The fraction of sp³-hybridized carbons (Fsp3) is 0.692. The highest BCUT2D eigenvalue weighted by molar-refractivity contribution is 5.91. The number of carboxylic acid groups (broad SMARTS) is 1. The second kappa shape index (κ2) is 4.79. The largest absolute Gasteiger partial charge is 0.481 e. The minimum Gasteiger partial charge on any atom is -0.481 e. The van der Waals surface area contributed by atoms with Crippen molar-refractivity contribution in [3.63, 3.8) is 0 Å². The maximum absolute atomic E-state index is 11.9. The number of aliphatic carboxylic acids is 1. The maximum Gasteiger partial charge on any atom is 0.307 e. The van der Waals surface area contributed by atoms with Gasteiger partial charge in [-0.3, -0.25) is 9.59 Å². The van der Waals surface area contributed by atoms with Crippen molar-refractivity contribution in [1.29, 1.82) is 0 Å². The highest BCUT2D eigenvalue weighted by Gasteiger charge is 2.65. The Hall–Kier alpha value is -1.50. The van der Waals surface area contributed by atoms with E-state index in [0.717, 1.165) is 6.42 Å². The molecule has 1 amide bonds. The first-order chi connectivity index (χ1) is 7.86. The zero-order valence-electron chi connectivity index (χ0n) is 10.5. The van der Waals surface area contributed by atoms with Gasteiger partial charge in [-0.15, -0.1) is 12.3 Å². The normalized spacial score (nSPS) is 26.7. The Bertz CT molecular complexity index is 367. The molecule has 3 unspecified atom stereocenters. The first kappa shape index (κ1) is 13.6. The van der Waals surface area contributed by atoms with E-state index in [9.17, 15) is 9.59 Å². The smallest absolute Gasteiger partial charge is 0.307 e. The van der Waals surface area contributed by atoms with Gasteiger partial charge in [0.15, 0.2) is 0 Å². The third kappa shape index (κ3) is 2.60. The van der Waals surface area contributed by atoms with Crippen molar-refractivity contribution >= 4 is 11.9 Å². The molecule has 0 heterocycles. The lowest BCUT2D eigenvalue weighted by atomic mass is 10.1. The van der Waals surface area contributed by atoms with Crippen molar-refractivity contribution < 1.29 is 14.7 Å². The topological polar surface area (TPSA) is 66.4 Å². The second-order valence-corrected chi connectivity index (χ2v) is 5.14. The standard InChI is InChI=1S/C13H19NO3/c1-5-7-8(6-2)14-11(15)9-10(12(16)17)13(9,3)4/h1,8-10H,6-7H2,2-4H3,(H,14,15)(H,16,17). The lowest BCUT2D eigenvalue weighted by molar-refractivity contribution is -0.140. The summed E-state index contributed by atoms with van der Waals surface area (Å²) < 4.78 is 0. The van der Waals surface area contributed by atoms with Crippen LogP contribution in [0.25, 0.3) is 0 Å². The van der Waals surface area contributed by atoms with Gasteiger partial charge in [-0.2, -0.15) is 0 Å². The Kier molecular flexibility index (Phi) is 3.82. The zero-order valence-corrected chi connectivity index (χ0v) is 10.5. The summed E-state index contributed by atoms with van der Waals surface area (Å²) in [5, 5.41) is 11.8. The van der Waals surface area contributed by atoms with E-state index in [0.29, 0.717) is 6.42 Å². The molecule has 94 valence electrons. The zero-order chi connectivity index (χ0) is 13.2. The summed E-state index contributed by atoms with van der Waals surface area (Å²) in [5.74, 6) is 0.398. The molecule has 0 bridgehead atoms. The Morgan fingerprint density at radius 2 is 2.06 bits per heavy atom. The van der Waals surface area contributed by atoms with Crippen LogP contribution in [0.4, 0.5) is 0 Å². The van der Waals surface area contributed by atoms with Crippen molar-refractivity contribution in [3.8, 4) is 12.3 Å². The molecule has 1 aliphatic rings. The van der Waals surface area contributed by atoms with E-state index in [1.165, 1.54) is 0 Å². The fourth-order valence-corrected chi connectivity index (χ4v) is 2.32. The van der Waals surface area contributed by atoms with E-state index in [1.54, 1.807) is 13.8 Å². The quantitative estimate of drug-likeness (QED) is 0.707. The molecule has 3 atom stereocenters. The second-order valence-electron chi connectivity index (χ2n) is 5.14. The highest BCUT2D eigenvalue weighted by atomic mass is 16.4. The van der Waals surface area contributed by atoms with Crippen LogP contribution in [0, 0.1) is 29.6 Å². The molecular formula is C13H19NO3. The number of terminal acetylenes is 1. The molecule has 0 aliphatic heterocycles. The molecule has 1 aliphatic carbocycles. The number of carboxylic acids is 1. The minimum absolute atomic E-state index is 0.0571. The van der Waals surface area contributed by atoms with Gasteiger partial charge < -0.3 is 10.4 Å². The van der Waals surface area contributed by atoms with Crippen LogP contribution in [-0.4, -0.2) is 23.0 Å². The molecule has 0 aromatic rings. The summed E-state index contributed by atoms with van der Waals surface area (Å²) in [6, 6.07) is -0.0571. The lowest BCUT2D eigenvalue weighted by Crippen LogP contribution is -2.36. The summed E-state index contributed by atoms with van der Waals surface area (Å²) in [7, 11) is 0. The van der Waals surface area contributed by atoms with Crippen LogP contribution >= 0.6 is 0 Å². The van der Waals surface area contributed by atoms with E-state index < -0.39 is 23.2 Å². The molecule has 4 nitrogen and oxygen atoms in total. The highest BCUT2D eigenvalue weighted by Crippen LogP contribution is 2.58. The molecule has 1 saturated carbocycles. The van der Waals surface area contributed by atoms with Gasteiger partial charge in [-0.25, -0.2) is 0 Å². The molecule has 0 aromatic heterocycles. The lowest BCUT2D eigenvalue weighted by Gasteiger charge is -2.14. The summed E-state index contributed by atoms with van der Waals surface area (Å²) >= 11 is 0. The van der Waals surface area contributed by atoms with Crippen molar-refractivity contribution in [2.75, 3.05) is 0 Å². The SMILES string of the molecule is C#CCC(CC)NC(=O)C1C(C(=O)O)C1(C)C. The summed E-state index contributed by atoms with van der Waals surface area (Å²) in [5.41, 5.74) is -0.454. The van der Waals surface area contributed by atoms with Crippen molar-refractivity contribution in [1.82, 2.24) is 5.32 Å². The number of carbonyl (C=O) groups excluding carboxylic acids is 1. The van der Waals surface area contributed by atoms with Crippen LogP contribution in [0.3, 0.4) is 0 Å². The van der Waals surface area contributed by atoms with Crippen molar-refractivity contribution in [2.24, 2.45) is 17.3 Å². The molecule has 2 N–H and O–H groups in total. The van der Waals surface area contributed by atoms with Crippen LogP contribution in [0.2, 0.25) is 0 Å². The van der Waals surface area contributed by atoms with Gasteiger partial charge in [0.1, 0.15) is 0 Å². The van der Waals surface area contributed by atoms with Crippen molar-refractivity contribution in [3.05, 3.63) is 0 Å². The molecule has 0 spiro atoms. The number of rotatable bonds is 5. The molecule has 1 rings (SSSR count). The van der Waals surface area contributed by atoms with Gasteiger partial charge in [0.05, 0.1) is 11.8 Å². The average molecular weight is 237 g/mol. The fourth-order valence-electron chi connectivity index (χ4n) is 2.32. The molecular weight excluding hydrogens is 218 g/mol. The van der Waals surface area contributed by atoms with Crippen LogP contribution in [0.15, 0.2) is 0 Å². The Balaban J connectivity index is 2.61. The van der Waals surface area contributed by atoms with Crippen molar-refractivity contribution in [2.45, 2.75) is 39.7 Å². The van der Waals surface area contributed by atoms with Gasteiger partial charge in [0.25, 0.3) is 0 Å². The summed E-state index contributed by atoms with van der Waals surface area (Å²) in [6.07, 6.45) is 6.44. The minimum atomic E-state index is -0.903. The van der Waals surface area contributed by atoms with Crippen LogP contribution in [0.5, 0.6) is 0 Å². The third-order valence-corrected chi connectivity index (χ3v) is 3.58. The van der Waals surface area contributed by atoms with E-state index in [2.05, 4.69) is 11.2 Å². The number of amides is 1. The van der Waals surface area contributed by atoms with Crippen LogP contribution in [-0.2, 0) is 9.59 Å². The number of hydrogen-bond acceptors (Lipinski definition) is 2. The third-order valence-electron chi connectivity index (χ3n) is 3.58. The van der Waals surface area contributed by atoms with E-state index >= 15 is 0 Å². The van der Waals surface area contributed by atoms with Gasteiger partial charge in [0, 0.05) is 12.5 Å². The number of nitrogens with one attached hydrogen (secondary N) is 1. The van der Waals surface area contributed by atoms with E-state index in [1.807, 2.05) is 6.92 Å². The molecule has 1 fully saturated rings. The van der Waals surface area contributed by atoms with E-state index in [4.69, 9.17) is 11.5 Å². The number of carbonyl (C=O) groups is 2. The Morgan fingerprint density at radius 3 is 2.41 bits per heavy atom. The maximum atomic E-state index is 11.9. The van der Waals surface area contributed by atoms with Gasteiger partial charge in [-0.1, -0.05) is 20.8 Å². The monoisotopic (exact) mass is 237 g/mol. The molecule has 4 heteroatoms. The van der Waals surface area contributed by atoms with Gasteiger partial charge in [-0.05, 0) is 11.8 Å². The molecule has 17 heavy (non-hydrogen) atoms. The number of hydrogen-bond donors (Lipinski definition) is 2. The van der Waals surface area contributed by atoms with Crippen LogP contribution < -0.4 is 5.32 Å². The van der Waals surface area contributed by atoms with Gasteiger partial charge in [0.2, 0.25) is 5.91 Å². The Labute approximate surface area is 102 Å². The Morgan fingerprint density at radius 1 is 1.47 bits per heavy atom. The molecule has 0 radical (unpaired) electrons. The molecule has 0 aromatic carbocycles. The van der Waals surface area contributed by atoms with Crippen LogP contribution in [0.1, 0.15) is 33.6 Å². The molecule has 0 saturated heterocycles. The first-order valence-corrected chi connectivity index (χ1v) is 5.82. The predicted molar refractivity (Wildman–Crippen MR) is 64.1 cm³/mol. The summed E-state index contributed by atoms with van der Waals surface area (Å²) in [4.78, 5) is 22.9. The van der Waals surface area contributed by atoms with E-state index in [-0.39, 0.29) is 11.9 Å².